The Morgan fingerprint density at radius 1 is 0.905 bits per heavy atom. The molecule has 1 N–H and O–H groups in total. The number of rotatable bonds is 8. The Bertz CT molecular complexity index is 511. The minimum atomic E-state index is 0.170. The Hall–Kier alpha value is -1.84. The number of hydrogen-bond acceptors (Lipinski definition) is 3. The van der Waals surface area contributed by atoms with Crippen molar-refractivity contribution in [2.24, 2.45) is 0 Å². The van der Waals surface area contributed by atoms with Crippen LogP contribution in [0, 0.1) is 0 Å². The molecule has 0 heterocycles. The second-order valence-electron chi connectivity index (χ2n) is 5.00. The molecular weight excluding hydrogens is 262 g/mol. The fourth-order valence-electron chi connectivity index (χ4n) is 2.31. The highest BCUT2D eigenvalue weighted by Crippen LogP contribution is 2.15. The molecule has 2 aromatic rings. The van der Waals surface area contributed by atoms with E-state index in [1.807, 2.05) is 37.3 Å². The zero-order valence-corrected chi connectivity index (χ0v) is 12.5. The molecule has 0 aromatic heterocycles. The van der Waals surface area contributed by atoms with Gasteiger partial charge in [-0.3, -0.25) is 4.90 Å². The summed E-state index contributed by atoms with van der Waals surface area (Å²) >= 11 is 0. The summed E-state index contributed by atoms with van der Waals surface area (Å²) in [7, 11) is 0. The molecule has 0 saturated heterocycles. The number of aliphatic hydroxyl groups is 1. The highest BCUT2D eigenvalue weighted by Gasteiger charge is 2.06. The smallest absolute Gasteiger partial charge is 0.119 e. The van der Waals surface area contributed by atoms with Gasteiger partial charge in [-0.15, -0.1) is 0 Å². The average Bonchev–Trinajstić information content (AvgIpc) is 2.51. The first kappa shape index (κ1) is 15.5. The number of ether oxygens (including phenoxy) is 1. The standard InChI is InChI=1S/C18H23NO2/c1-2-21-18-10-8-17(9-11-18)15-19(12-13-20)14-16-6-4-3-5-7-16/h3-11,20H,2,12-15H2,1H3. The van der Waals surface area contributed by atoms with Crippen LogP contribution >= 0.6 is 0 Å². The lowest BCUT2D eigenvalue weighted by Gasteiger charge is -2.21. The summed E-state index contributed by atoms with van der Waals surface area (Å²) < 4.78 is 5.46. The molecule has 0 bridgehead atoms. The quantitative estimate of drug-likeness (QED) is 0.809. The summed E-state index contributed by atoms with van der Waals surface area (Å²) in [6, 6.07) is 18.5. The van der Waals surface area contributed by atoms with Crippen LogP contribution in [0.2, 0.25) is 0 Å². The minimum absolute atomic E-state index is 0.170. The topological polar surface area (TPSA) is 32.7 Å². The third kappa shape index (κ3) is 5.21. The predicted molar refractivity (Wildman–Crippen MR) is 85.3 cm³/mol. The van der Waals surface area contributed by atoms with Gasteiger partial charge in [-0.25, -0.2) is 0 Å². The van der Waals surface area contributed by atoms with Gasteiger partial charge in [0.05, 0.1) is 13.2 Å². The summed E-state index contributed by atoms with van der Waals surface area (Å²) in [6.07, 6.45) is 0. The van der Waals surface area contributed by atoms with Crippen LogP contribution < -0.4 is 4.74 Å². The molecule has 0 aliphatic rings. The molecule has 0 spiro atoms. The van der Waals surface area contributed by atoms with Crippen molar-refractivity contribution in [2.75, 3.05) is 19.8 Å². The molecule has 0 aliphatic heterocycles. The highest BCUT2D eigenvalue weighted by molar-refractivity contribution is 5.27. The first-order chi connectivity index (χ1) is 10.3. The zero-order chi connectivity index (χ0) is 14.9. The Morgan fingerprint density at radius 3 is 2.10 bits per heavy atom. The molecule has 0 unspecified atom stereocenters. The van der Waals surface area contributed by atoms with E-state index in [9.17, 15) is 5.11 Å². The number of nitrogens with zero attached hydrogens (tertiary/aromatic N) is 1. The number of aliphatic hydroxyl groups excluding tert-OH is 1. The molecule has 0 radical (unpaired) electrons. The first-order valence-corrected chi connectivity index (χ1v) is 7.40. The second-order valence-corrected chi connectivity index (χ2v) is 5.00. The van der Waals surface area contributed by atoms with Crippen molar-refractivity contribution in [1.29, 1.82) is 0 Å². The molecule has 21 heavy (non-hydrogen) atoms. The third-order valence-corrected chi connectivity index (χ3v) is 3.31. The van der Waals surface area contributed by atoms with Gasteiger partial charge in [0.1, 0.15) is 5.75 Å². The lowest BCUT2D eigenvalue weighted by molar-refractivity contribution is 0.184. The fourth-order valence-corrected chi connectivity index (χ4v) is 2.31. The van der Waals surface area contributed by atoms with Crippen LogP contribution in [-0.4, -0.2) is 29.8 Å². The molecule has 0 saturated carbocycles. The fraction of sp³-hybridized carbons (Fsp3) is 0.333. The van der Waals surface area contributed by atoms with E-state index in [-0.39, 0.29) is 6.61 Å². The van der Waals surface area contributed by atoms with Crippen molar-refractivity contribution in [1.82, 2.24) is 4.90 Å². The van der Waals surface area contributed by atoms with Crippen LogP contribution in [0.5, 0.6) is 5.75 Å². The van der Waals surface area contributed by atoms with Crippen molar-refractivity contribution >= 4 is 0 Å². The van der Waals surface area contributed by atoms with E-state index in [0.29, 0.717) is 13.2 Å². The predicted octanol–water partition coefficient (Wildman–Crippen LogP) is 3.08. The van der Waals surface area contributed by atoms with Gasteiger partial charge in [-0.05, 0) is 30.2 Å². The highest BCUT2D eigenvalue weighted by atomic mass is 16.5. The van der Waals surface area contributed by atoms with Gasteiger partial charge in [0, 0.05) is 19.6 Å². The summed E-state index contributed by atoms with van der Waals surface area (Å²) in [5.74, 6) is 0.901. The van der Waals surface area contributed by atoms with Gasteiger partial charge < -0.3 is 9.84 Å². The summed E-state index contributed by atoms with van der Waals surface area (Å²) in [5.41, 5.74) is 2.49. The van der Waals surface area contributed by atoms with Gasteiger partial charge in [0.2, 0.25) is 0 Å². The van der Waals surface area contributed by atoms with E-state index < -0.39 is 0 Å². The normalized spacial score (nSPS) is 10.8. The largest absolute Gasteiger partial charge is 0.494 e. The van der Waals surface area contributed by atoms with Crippen molar-refractivity contribution in [3.63, 3.8) is 0 Å². The van der Waals surface area contributed by atoms with E-state index in [0.717, 1.165) is 18.8 Å². The Kier molecular flexibility index (Phi) is 6.25. The Morgan fingerprint density at radius 2 is 1.52 bits per heavy atom. The van der Waals surface area contributed by atoms with E-state index in [1.54, 1.807) is 0 Å². The van der Waals surface area contributed by atoms with Crippen LogP contribution in [-0.2, 0) is 13.1 Å². The van der Waals surface area contributed by atoms with E-state index in [1.165, 1.54) is 11.1 Å². The molecule has 2 rings (SSSR count). The number of benzene rings is 2. The lowest BCUT2D eigenvalue weighted by Crippen LogP contribution is -2.26. The van der Waals surface area contributed by atoms with Crippen molar-refractivity contribution in [2.45, 2.75) is 20.0 Å². The van der Waals surface area contributed by atoms with Gasteiger partial charge in [0.25, 0.3) is 0 Å². The van der Waals surface area contributed by atoms with Crippen molar-refractivity contribution in [3.05, 3.63) is 65.7 Å². The molecule has 3 heteroatoms. The van der Waals surface area contributed by atoms with Gasteiger partial charge >= 0.3 is 0 Å². The van der Waals surface area contributed by atoms with Crippen LogP contribution in [0.25, 0.3) is 0 Å². The Labute approximate surface area is 126 Å². The van der Waals surface area contributed by atoms with Crippen LogP contribution in [0.3, 0.4) is 0 Å². The lowest BCUT2D eigenvalue weighted by atomic mass is 10.1. The second kappa shape index (κ2) is 8.45. The summed E-state index contributed by atoms with van der Waals surface area (Å²) in [4.78, 5) is 2.24. The summed E-state index contributed by atoms with van der Waals surface area (Å²) in [6.45, 7) is 5.17. The average molecular weight is 285 g/mol. The van der Waals surface area contributed by atoms with E-state index in [2.05, 4.69) is 29.2 Å². The van der Waals surface area contributed by atoms with Crippen molar-refractivity contribution < 1.29 is 9.84 Å². The molecular formula is C18H23NO2. The molecule has 0 fully saturated rings. The zero-order valence-electron chi connectivity index (χ0n) is 12.5. The third-order valence-electron chi connectivity index (χ3n) is 3.31. The summed E-state index contributed by atoms with van der Waals surface area (Å²) in [5, 5.41) is 9.25. The molecule has 112 valence electrons. The SMILES string of the molecule is CCOc1ccc(CN(CCO)Cc2ccccc2)cc1. The monoisotopic (exact) mass is 285 g/mol. The maximum Gasteiger partial charge on any atom is 0.119 e. The van der Waals surface area contributed by atoms with Crippen LogP contribution in [0.1, 0.15) is 18.1 Å². The van der Waals surface area contributed by atoms with Gasteiger partial charge in [-0.1, -0.05) is 42.5 Å². The Balaban J connectivity index is 1.98. The van der Waals surface area contributed by atoms with Crippen LogP contribution in [0.4, 0.5) is 0 Å². The number of hydrogen-bond donors (Lipinski definition) is 1. The molecule has 2 aromatic carbocycles. The van der Waals surface area contributed by atoms with Crippen molar-refractivity contribution in [3.8, 4) is 5.75 Å². The molecule has 0 aliphatic carbocycles. The van der Waals surface area contributed by atoms with Crippen LogP contribution in [0.15, 0.2) is 54.6 Å². The van der Waals surface area contributed by atoms with E-state index >= 15 is 0 Å². The van der Waals surface area contributed by atoms with E-state index in [4.69, 9.17) is 4.74 Å². The molecule has 0 amide bonds. The first-order valence-electron chi connectivity index (χ1n) is 7.40. The molecule has 0 atom stereocenters. The maximum atomic E-state index is 9.25. The minimum Gasteiger partial charge on any atom is -0.494 e. The maximum absolute atomic E-state index is 9.25. The molecule has 3 nitrogen and oxygen atoms in total. The van der Waals surface area contributed by atoms with Gasteiger partial charge in [-0.2, -0.15) is 0 Å². The van der Waals surface area contributed by atoms with Gasteiger partial charge in [0.15, 0.2) is 0 Å².